The Hall–Kier alpha value is -2.36. The lowest BCUT2D eigenvalue weighted by molar-refractivity contribution is 0.433. The molecule has 3 nitrogen and oxygen atoms in total. The van der Waals surface area contributed by atoms with E-state index in [0.29, 0.717) is 22.7 Å². The van der Waals surface area contributed by atoms with Gasteiger partial charge in [-0.25, -0.2) is 9.37 Å². The second kappa shape index (κ2) is 4.34. The van der Waals surface area contributed by atoms with Crippen LogP contribution < -0.4 is 5.73 Å². The van der Waals surface area contributed by atoms with Crippen LogP contribution >= 0.6 is 0 Å². The second-order valence-electron chi connectivity index (χ2n) is 5.38. The fourth-order valence-corrected chi connectivity index (χ4v) is 2.19. The molecule has 102 valence electrons. The molecule has 0 spiro atoms. The van der Waals surface area contributed by atoms with E-state index >= 15 is 0 Å². The van der Waals surface area contributed by atoms with Crippen molar-refractivity contribution in [3.8, 4) is 0 Å². The van der Waals surface area contributed by atoms with Crippen molar-refractivity contribution in [2.45, 2.75) is 19.3 Å². The largest absolute Gasteiger partial charge is 0.440 e. The SMILES string of the molecule is CC(C)(c1ccc(N)cc1)c1nc2cc(F)ccc2o1. The highest BCUT2D eigenvalue weighted by Crippen LogP contribution is 2.33. The Morgan fingerprint density at radius 3 is 2.50 bits per heavy atom. The van der Waals surface area contributed by atoms with Gasteiger partial charge in [-0.15, -0.1) is 0 Å². The Labute approximate surface area is 116 Å². The van der Waals surface area contributed by atoms with Gasteiger partial charge in [0.05, 0.1) is 5.41 Å². The standard InChI is InChI=1S/C16H15FN2O/c1-16(2,10-3-6-12(18)7-4-10)15-19-13-9-11(17)5-8-14(13)20-15/h3-9H,18H2,1-2H3. The summed E-state index contributed by atoms with van der Waals surface area (Å²) in [5, 5.41) is 0. The number of aromatic nitrogens is 1. The van der Waals surface area contributed by atoms with Crippen LogP contribution in [0.15, 0.2) is 46.9 Å². The van der Waals surface area contributed by atoms with Gasteiger partial charge in [0.25, 0.3) is 0 Å². The van der Waals surface area contributed by atoms with Gasteiger partial charge in [-0.3, -0.25) is 0 Å². The zero-order valence-corrected chi connectivity index (χ0v) is 11.4. The van der Waals surface area contributed by atoms with E-state index in [1.54, 1.807) is 6.07 Å². The minimum absolute atomic E-state index is 0.317. The van der Waals surface area contributed by atoms with Gasteiger partial charge < -0.3 is 10.2 Å². The van der Waals surface area contributed by atoms with Gasteiger partial charge in [0.1, 0.15) is 11.3 Å². The van der Waals surface area contributed by atoms with Crippen LogP contribution in [0.2, 0.25) is 0 Å². The molecule has 0 bridgehead atoms. The number of nitrogens with zero attached hydrogens (tertiary/aromatic N) is 1. The Morgan fingerprint density at radius 1 is 1.10 bits per heavy atom. The molecule has 0 aliphatic rings. The van der Waals surface area contributed by atoms with Crippen molar-refractivity contribution in [2.75, 3.05) is 5.73 Å². The van der Waals surface area contributed by atoms with Crippen molar-refractivity contribution < 1.29 is 8.81 Å². The molecular weight excluding hydrogens is 255 g/mol. The second-order valence-corrected chi connectivity index (χ2v) is 5.38. The fraction of sp³-hybridized carbons (Fsp3) is 0.188. The Morgan fingerprint density at radius 2 is 1.80 bits per heavy atom. The Balaban J connectivity index is 2.10. The maximum atomic E-state index is 13.2. The number of nitrogen functional groups attached to an aromatic ring is 1. The summed E-state index contributed by atoms with van der Waals surface area (Å²) in [6, 6.07) is 11.9. The first kappa shape index (κ1) is 12.7. The number of oxazole rings is 1. The molecule has 1 aromatic heterocycles. The maximum Gasteiger partial charge on any atom is 0.205 e. The van der Waals surface area contributed by atoms with Gasteiger partial charge in [-0.1, -0.05) is 12.1 Å². The van der Waals surface area contributed by atoms with E-state index in [-0.39, 0.29) is 5.82 Å². The first-order chi connectivity index (χ1) is 9.46. The van der Waals surface area contributed by atoms with Crippen molar-refractivity contribution >= 4 is 16.8 Å². The molecule has 0 unspecified atom stereocenters. The number of nitrogens with two attached hydrogens (primary N) is 1. The predicted molar refractivity (Wildman–Crippen MR) is 76.9 cm³/mol. The monoisotopic (exact) mass is 270 g/mol. The third-order valence-electron chi connectivity index (χ3n) is 3.52. The average Bonchev–Trinajstić information content (AvgIpc) is 2.83. The smallest absolute Gasteiger partial charge is 0.205 e. The molecule has 0 saturated heterocycles. The molecule has 0 atom stereocenters. The molecule has 1 heterocycles. The van der Waals surface area contributed by atoms with Gasteiger partial charge >= 0.3 is 0 Å². The van der Waals surface area contributed by atoms with Gasteiger partial charge in [0, 0.05) is 11.8 Å². The number of hydrogen-bond acceptors (Lipinski definition) is 3. The van der Waals surface area contributed by atoms with Crippen LogP contribution in [0.3, 0.4) is 0 Å². The van der Waals surface area contributed by atoms with E-state index in [2.05, 4.69) is 4.98 Å². The van der Waals surface area contributed by atoms with E-state index in [4.69, 9.17) is 10.2 Å². The highest BCUT2D eigenvalue weighted by atomic mass is 19.1. The van der Waals surface area contributed by atoms with Gasteiger partial charge in [0.15, 0.2) is 5.58 Å². The lowest BCUT2D eigenvalue weighted by Gasteiger charge is -2.21. The van der Waals surface area contributed by atoms with Crippen molar-refractivity contribution in [1.29, 1.82) is 0 Å². The maximum absolute atomic E-state index is 13.2. The van der Waals surface area contributed by atoms with Gasteiger partial charge in [-0.05, 0) is 43.7 Å². The van der Waals surface area contributed by atoms with Crippen LogP contribution in [0.25, 0.3) is 11.1 Å². The zero-order chi connectivity index (χ0) is 14.3. The number of hydrogen-bond donors (Lipinski definition) is 1. The predicted octanol–water partition coefficient (Wildman–Crippen LogP) is 3.88. The Kier molecular flexibility index (Phi) is 2.74. The molecule has 4 heteroatoms. The highest BCUT2D eigenvalue weighted by molar-refractivity contribution is 5.72. The van der Waals surface area contributed by atoms with Crippen LogP contribution in [0.5, 0.6) is 0 Å². The summed E-state index contributed by atoms with van der Waals surface area (Å²) in [5.74, 6) is 0.241. The van der Waals surface area contributed by atoms with E-state index in [0.717, 1.165) is 5.56 Å². The molecule has 0 amide bonds. The Bertz CT molecular complexity index is 760. The third kappa shape index (κ3) is 2.03. The zero-order valence-electron chi connectivity index (χ0n) is 11.4. The molecule has 0 aliphatic carbocycles. The lowest BCUT2D eigenvalue weighted by atomic mass is 9.84. The number of anilines is 1. The molecule has 0 radical (unpaired) electrons. The first-order valence-electron chi connectivity index (χ1n) is 6.39. The molecule has 0 fully saturated rings. The quantitative estimate of drug-likeness (QED) is 0.719. The van der Waals surface area contributed by atoms with Crippen molar-refractivity contribution in [2.24, 2.45) is 0 Å². The summed E-state index contributed by atoms with van der Waals surface area (Å²) in [6.07, 6.45) is 0. The van der Waals surface area contributed by atoms with Crippen LogP contribution in [0.4, 0.5) is 10.1 Å². The minimum atomic E-state index is -0.413. The van der Waals surface area contributed by atoms with Crippen LogP contribution in [0, 0.1) is 5.82 Å². The number of benzene rings is 2. The van der Waals surface area contributed by atoms with Crippen molar-refractivity contribution in [3.63, 3.8) is 0 Å². The summed E-state index contributed by atoms with van der Waals surface area (Å²) in [4.78, 5) is 4.41. The number of halogens is 1. The van der Waals surface area contributed by atoms with Crippen LogP contribution in [0.1, 0.15) is 25.3 Å². The fourth-order valence-electron chi connectivity index (χ4n) is 2.19. The topological polar surface area (TPSA) is 52.0 Å². The summed E-state index contributed by atoms with van der Waals surface area (Å²) in [5.41, 5.74) is 8.16. The van der Waals surface area contributed by atoms with Crippen molar-refractivity contribution in [1.82, 2.24) is 4.98 Å². The van der Waals surface area contributed by atoms with E-state index in [1.165, 1.54) is 12.1 Å². The molecule has 3 aromatic rings. The molecule has 2 aromatic carbocycles. The molecule has 0 aliphatic heterocycles. The third-order valence-corrected chi connectivity index (χ3v) is 3.52. The lowest BCUT2D eigenvalue weighted by Crippen LogP contribution is -2.19. The van der Waals surface area contributed by atoms with Gasteiger partial charge in [-0.2, -0.15) is 0 Å². The molecule has 3 rings (SSSR count). The van der Waals surface area contributed by atoms with E-state index in [1.807, 2.05) is 38.1 Å². The van der Waals surface area contributed by atoms with Crippen LogP contribution in [-0.4, -0.2) is 4.98 Å². The first-order valence-corrected chi connectivity index (χ1v) is 6.39. The number of rotatable bonds is 2. The summed E-state index contributed by atoms with van der Waals surface area (Å²) < 4.78 is 19.0. The van der Waals surface area contributed by atoms with E-state index < -0.39 is 5.41 Å². The van der Waals surface area contributed by atoms with Gasteiger partial charge in [0.2, 0.25) is 5.89 Å². The highest BCUT2D eigenvalue weighted by Gasteiger charge is 2.29. The molecule has 20 heavy (non-hydrogen) atoms. The van der Waals surface area contributed by atoms with E-state index in [9.17, 15) is 4.39 Å². The average molecular weight is 270 g/mol. The summed E-state index contributed by atoms with van der Waals surface area (Å²) in [6.45, 7) is 4.03. The summed E-state index contributed by atoms with van der Waals surface area (Å²) >= 11 is 0. The number of fused-ring (bicyclic) bond motifs is 1. The molecule has 0 saturated carbocycles. The normalized spacial score (nSPS) is 11.9. The minimum Gasteiger partial charge on any atom is -0.440 e. The van der Waals surface area contributed by atoms with Crippen molar-refractivity contribution in [3.05, 3.63) is 59.7 Å². The molecule has 2 N–H and O–H groups in total. The summed E-state index contributed by atoms with van der Waals surface area (Å²) in [7, 11) is 0. The van der Waals surface area contributed by atoms with Crippen LogP contribution in [-0.2, 0) is 5.41 Å². The molecular formula is C16H15FN2O.